The van der Waals surface area contributed by atoms with E-state index < -0.39 is 10.8 Å². The number of hydrogen-bond donors (Lipinski definition) is 0. The summed E-state index contributed by atoms with van der Waals surface area (Å²) in [6, 6.07) is 60.7. The number of nitrogens with zero attached hydrogens (tertiary/aromatic N) is 2. The van der Waals surface area contributed by atoms with Crippen molar-refractivity contribution in [3.8, 4) is 11.3 Å². The van der Waals surface area contributed by atoms with Crippen molar-refractivity contribution in [2.75, 3.05) is 0 Å². The van der Waals surface area contributed by atoms with E-state index in [2.05, 4.69) is 146 Å². The maximum atomic E-state index is 6.69. The Morgan fingerprint density at radius 2 is 1.04 bits per heavy atom. The first-order chi connectivity index (χ1) is 26.2. The summed E-state index contributed by atoms with van der Waals surface area (Å²) in [5, 5.41) is 4.06. The highest BCUT2D eigenvalue weighted by atomic mass is 16.3. The summed E-state index contributed by atoms with van der Waals surface area (Å²) in [5.74, 6) is 0.694. The summed E-state index contributed by atoms with van der Waals surface area (Å²) < 4.78 is 13.1. The van der Waals surface area contributed by atoms with Crippen molar-refractivity contribution in [2.45, 2.75) is 17.3 Å². The van der Waals surface area contributed by atoms with Gasteiger partial charge in [-0.2, -0.15) is 4.98 Å². The molecule has 3 aromatic heterocycles. The van der Waals surface area contributed by atoms with Gasteiger partial charge in [0.25, 0.3) is 0 Å². The molecule has 0 aliphatic heterocycles. The number of para-hydroxylation sites is 2. The normalized spacial score (nSPS) is 18.6. The average molecular weight is 679 g/mol. The zero-order valence-electron chi connectivity index (χ0n) is 28.6. The fourth-order valence-corrected chi connectivity index (χ4v) is 9.83. The summed E-state index contributed by atoms with van der Waals surface area (Å²) in [6.07, 6.45) is 0.811. The molecule has 0 N–H and O–H groups in total. The van der Waals surface area contributed by atoms with Gasteiger partial charge in [0.15, 0.2) is 5.82 Å². The maximum Gasteiger partial charge on any atom is 0.231 e. The van der Waals surface area contributed by atoms with Crippen LogP contribution in [0.4, 0.5) is 0 Å². The number of benzene rings is 7. The van der Waals surface area contributed by atoms with Crippen molar-refractivity contribution in [3.05, 3.63) is 215 Å². The highest BCUT2D eigenvalue weighted by Crippen LogP contribution is 2.62. The fourth-order valence-electron chi connectivity index (χ4n) is 9.83. The minimum Gasteiger partial charge on any atom is -0.456 e. The highest BCUT2D eigenvalue weighted by Gasteiger charge is 2.57. The van der Waals surface area contributed by atoms with Crippen LogP contribution >= 0.6 is 0 Å². The monoisotopic (exact) mass is 678 g/mol. The van der Waals surface area contributed by atoms with Crippen molar-refractivity contribution in [3.63, 3.8) is 0 Å². The topological polar surface area (TPSA) is 52.1 Å². The molecule has 0 radical (unpaired) electrons. The van der Waals surface area contributed by atoms with Crippen LogP contribution in [0.3, 0.4) is 0 Å². The number of hydrogen-bond acceptors (Lipinski definition) is 4. The molecule has 3 aliphatic rings. The SMILES string of the molecule is c1ccc(C23Cc4ccccc4C(c4nc(-c5ccc6c(c5)oc5ccccc56)c5c(n4)oc4ccccc45)(c4ccccc42)c2ccccc23)cc1. The van der Waals surface area contributed by atoms with Crippen molar-refractivity contribution in [1.29, 1.82) is 0 Å². The fraction of sp³-hybridized carbons (Fsp3) is 0.0612. The van der Waals surface area contributed by atoms with Gasteiger partial charge in [-0.1, -0.05) is 146 Å². The lowest BCUT2D eigenvalue weighted by molar-refractivity contribution is 0.563. The summed E-state index contributed by atoms with van der Waals surface area (Å²) in [4.78, 5) is 11.3. The molecule has 4 heteroatoms. The first-order valence-corrected chi connectivity index (χ1v) is 18.2. The Morgan fingerprint density at radius 1 is 0.453 bits per heavy atom. The average Bonchev–Trinajstić information content (AvgIpc) is 3.73. The predicted octanol–water partition coefficient (Wildman–Crippen LogP) is 11.5. The molecular formula is C49H30N2O2. The lowest BCUT2D eigenvalue weighted by atomic mass is 9.55. The molecule has 3 aliphatic carbocycles. The van der Waals surface area contributed by atoms with Gasteiger partial charge in [-0.3, -0.25) is 0 Å². The van der Waals surface area contributed by atoms with Crippen LogP contribution in [0.25, 0.3) is 55.3 Å². The number of furan rings is 2. The second-order valence-corrected chi connectivity index (χ2v) is 14.4. The van der Waals surface area contributed by atoms with Gasteiger partial charge in [-0.05, 0) is 69.6 Å². The van der Waals surface area contributed by atoms with Gasteiger partial charge in [-0.15, -0.1) is 0 Å². The van der Waals surface area contributed by atoms with E-state index >= 15 is 0 Å². The van der Waals surface area contributed by atoms with E-state index in [4.69, 9.17) is 18.8 Å². The third-order valence-corrected chi connectivity index (χ3v) is 12.0. The van der Waals surface area contributed by atoms with Crippen LogP contribution in [-0.4, -0.2) is 9.97 Å². The number of fused-ring (bicyclic) bond motifs is 6. The molecule has 10 aromatic rings. The van der Waals surface area contributed by atoms with Crippen LogP contribution < -0.4 is 0 Å². The molecule has 0 amide bonds. The van der Waals surface area contributed by atoms with E-state index in [0.717, 1.165) is 56.0 Å². The standard InChI is InChI=1S/C49H30N2O2/c1-2-15-32(16-3-1)48-29-31-14-4-7-19-36(31)49(39-22-10-8-20-37(39)48,40-23-11-9-21-38(40)48)47-50-45(44-35-18-6-13-25-42(35)53-46(44)51-47)30-26-27-34-33-17-5-12-24-41(33)52-43(34)28-30/h1-28H,29H2. The van der Waals surface area contributed by atoms with Crippen LogP contribution in [-0.2, 0) is 17.3 Å². The van der Waals surface area contributed by atoms with Crippen molar-refractivity contribution >= 4 is 44.0 Å². The largest absolute Gasteiger partial charge is 0.456 e. The number of rotatable bonds is 3. The molecule has 0 saturated carbocycles. The summed E-state index contributed by atoms with van der Waals surface area (Å²) >= 11 is 0. The molecule has 0 unspecified atom stereocenters. The van der Waals surface area contributed by atoms with Crippen LogP contribution in [0, 0.1) is 0 Å². The molecule has 53 heavy (non-hydrogen) atoms. The smallest absolute Gasteiger partial charge is 0.231 e. The van der Waals surface area contributed by atoms with E-state index in [0.29, 0.717) is 11.5 Å². The number of aromatic nitrogens is 2. The quantitative estimate of drug-likeness (QED) is 0.187. The summed E-state index contributed by atoms with van der Waals surface area (Å²) in [7, 11) is 0. The van der Waals surface area contributed by atoms with Crippen molar-refractivity contribution < 1.29 is 8.83 Å². The van der Waals surface area contributed by atoms with Gasteiger partial charge in [0.1, 0.15) is 22.2 Å². The third-order valence-electron chi connectivity index (χ3n) is 12.0. The molecule has 0 atom stereocenters. The maximum absolute atomic E-state index is 6.69. The molecule has 4 nitrogen and oxygen atoms in total. The van der Waals surface area contributed by atoms with Gasteiger partial charge >= 0.3 is 0 Å². The minimum atomic E-state index is -0.829. The Hall–Kier alpha value is -6.78. The highest BCUT2D eigenvalue weighted by molar-refractivity contribution is 6.12. The molecule has 0 spiro atoms. The van der Waals surface area contributed by atoms with Gasteiger partial charge in [0, 0.05) is 27.1 Å². The Morgan fingerprint density at radius 3 is 1.79 bits per heavy atom. The second kappa shape index (κ2) is 10.4. The Bertz CT molecular complexity index is 3070. The molecule has 3 heterocycles. The van der Waals surface area contributed by atoms with E-state index in [9.17, 15) is 0 Å². The lowest BCUT2D eigenvalue weighted by Gasteiger charge is -2.46. The molecule has 2 bridgehead atoms. The molecular weight excluding hydrogens is 649 g/mol. The van der Waals surface area contributed by atoms with Crippen molar-refractivity contribution in [1.82, 2.24) is 9.97 Å². The van der Waals surface area contributed by atoms with Gasteiger partial charge in [0.2, 0.25) is 5.71 Å². The van der Waals surface area contributed by atoms with Gasteiger partial charge in [-0.25, -0.2) is 4.98 Å². The van der Waals surface area contributed by atoms with E-state index in [1.165, 1.54) is 38.9 Å². The van der Waals surface area contributed by atoms with Crippen molar-refractivity contribution in [2.24, 2.45) is 0 Å². The zero-order valence-corrected chi connectivity index (χ0v) is 28.6. The Kier molecular flexibility index (Phi) is 5.66. The van der Waals surface area contributed by atoms with E-state index in [1.54, 1.807) is 0 Å². The molecule has 248 valence electrons. The van der Waals surface area contributed by atoms with Crippen LogP contribution in [0.2, 0.25) is 0 Å². The Labute approximate surface area is 305 Å². The van der Waals surface area contributed by atoms with Gasteiger partial charge < -0.3 is 8.83 Å². The second-order valence-electron chi connectivity index (χ2n) is 14.4. The molecule has 0 fully saturated rings. The summed E-state index contributed by atoms with van der Waals surface area (Å²) in [6.45, 7) is 0. The molecule has 13 rings (SSSR count). The van der Waals surface area contributed by atoms with Crippen LogP contribution in [0.5, 0.6) is 0 Å². The van der Waals surface area contributed by atoms with E-state index in [-0.39, 0.29) is 0 Å². The van der Waals surface area contributed by atoms with E-state index in [1.807, 2.05) is 24.3 Å². The zero-order chi connectivity index (χ0) is 34.7. The predicted molar refractivity (Wildman–Crippen MR) is 210 cm³/mol. The minimum absolute atomic E-state index is 0.414. The lowest BCUT2D eigenvalue weighted by Crippen LogP contribution is -2.43. The molecule has 0 saturated heterocycles. The van der Waals surface area contributed by atoms with Gasteiger partial charge in [0.05, 0.1) is 11.1 Å². The summed E-state index contributed by atoms with van der Waals surface area (Å²) in [5.41, 5.74) is 12.3. The first-order valence-electron chi connectivity index (χ1n) is 18.2. The first kappa shape index (κ1) is 28.9. The van der Waals surface area contributed by atoms with Crippen LogP contribution in [0.15, 0.2) is 179 Å². The van der Waals surface area contributed by atoms with Crippen LogP contribution in [0.1, 0.15) is 44.8 Å². The third kappa shape index (κ3) is 3.65. The molecule has 7 aromatic carbocycles. The Balaban J connectivity index is 1.25.